The second-order valence-corrected chi connectivity index (χ2v) is 3.92. The first kappa shape index (κ1) is 13.4. The number of nitrogens with zero attached hydrogens (tertiary/aromatic N) is 1. The fourth-order valence-corrected chi connectivity index (χ4v) is 1.38. The molecule has 5 heteroatoms. The summed E-state index contributed by atoms with van der Waals surface area (Å²) in [5.74, 6) is 0.631. The minimum Gasteiger partial charge on any atom is -0.478 e. The first-order valence-corrected chi connectivity index (χ1v) is 5.94. The fourth-order valence-electron chi connectivity index (χ4n) is 1.05. The lowest BCUT2D eigenvalue weighted by molar-refractivity contribution is 0.0642. The lowest BCUT2D eigenvalue weighted by atomic mass is 10.4. The third-order valence-electron chi connectivity index (χ3n) is 1.80. The largest absolute Gasteiger partial charge is 0.478 e. The van der Waals surface area contributed by atoms with Gasteiger partial charge in [0.2, 0.25) is 5.88 Å². The molecular formula is C11H16BrNO3. The van der Waals surface area contributed by atoms with Crippen molar-refractivity contribution in [1.29, 1.82) is 0 Å². The maximum Gasteiger partial charge on any atom is 0.214 e. The fraction of sp³-hybridized carbons (Fsp3) is 0.545. The highest BCUT2D eigenvalue weighted by Gasteiger charge is 1.96. The SMILES string of the molecule is COCCOCCCOc1cccc(Br)n1. The van der Waals surface area contributed by atoms with E-state index < -0.39 is 0 Å². The summed E-state index contributed by atoms with van der Waals surface area (Å²) in [5, 5.41) is 0. The average molecular weight is 290 g/mol. The van der Waals surface area contributed by atoms with Crippen LogP contribution in [0.2, 0.25) is 0 Å². The third kappa shape index (κ3) is 6.05. The van der Waals surface area contributed by atoms with Gasteiger partial charge in [0.25, 0.3) is 0 Å². The Bertz CT molecular complexity index is 296. The highest BCUT2D eigenvalue weighted by molar-refractivity contribution is 9.10. The summed E-state index contributed by atoms with van der Waals surface area (Å²) in [6, 6.07) is 5.58. The average Bonchev–Trinajstić information content (AvgIpc) is 2.28. The maximum atomic E-state index is 5.44. The van der Waals surface area contributed by atoms with Gasteiger partial charge in [0.05, 0.1) is 19.8 Å². The molecule has 1 aromatic heterocycles. The summed E-state index contributed by atoms with van der Waals surface area (Å²) in [7, 11) is 1.66. The van der Waals surface area contributed by atoms with E-state index in [0.29, 0.717) is 32.3 Å². The second-order valence-electron chi connectivity index (χ2n) is 3.11. The van der Waals surface area contributed by atoms with Gasteiger partial charge < -0.3 is 14.2 Å². The van der Waals surface area contributed by atoms with Gasteiger partial charge >= 0.3 is 0 Å². The van der Waals surface area contributed by atoms with Crippen molar-refractivity contribution in [2.75, 3.05) is 33.5 Å². The Labute approximate surface area is 104 Å². The van der Waals surface area contributed by atoms with Crippen molar-refractivity contribution < 1.29 is 14.2 Å². The second kappa shape index (κ2) is 8.50. The molecule has 0 atom stereocenters. The zero-order chi connectivity index (χ0) is 11.6. The minimum absolute atomic E-state index is 0.608. The predicted molar refractivity (Wildman–Crippen MR) is 64.7 cm³/mol. The topological polar surface area (TPSA) is 40.6 Å². The van der Waals surface area contributed by atoms with Crippen LogP contribution < -0.4 is 4.74 Å². The maximum absolute atomic E-state index is 5.44. The lowest BCUT2D eigenvalue weighted by Gasteiger charge is -2.06. The van der Waals surface area contributed by atoms with Crippen LogP contribution in [0.15, 0.2) is 22.8 Å². The first-order chi connectivity index (χ1) is 7.83. The van der Waals surface area contributed by atoms with Crippen molar-refractivity contribution in [3.05, 3.63) is 22.8 Å². The Hall–Kier alpha value is -0.650. The van der Waals surface area contributed by atoms with E-state index >= 15 is 0 Å². The molecular weight excluding hydrogens is 274 g/mol. The Morgan fingerprint density at radius 2 is 2.06 bits per heavy atom. The number of methoxy groups -OCH3 is 1. The summed E-state index contributed by atoms with van der Waals surface area (Å²) in [6.07, 6.45) is 0.845. The van der Waals surface area contributed by atoms with Crippen molar-refractivity contribution >= 4 is 15.9 Å². The van der Waals surface area contributed by atoms with Gasteiger partial charge in [-0.05, 0) is 22.0 Å². The van der Waals surface area contributed by atoms with Gasteiger partial charge in [-0.25, -0.2) is 4.98 Å². The van der Waals surface area contributed by atoms with Crippen molar-refractivity contribution in [3.63, 3.8) is 0 Å². The molecule has 0 radical (unpaired) electrons. The number of rotatable bonds is 8. The van der Waals surface area contributed by atoms with Crippen LogP contribution in [0, 0.1) is 0 Å². The van der Waals surface area contributed by atoms with E-state index in [0.717, 1.165) is 11.0 Å². The highest BCUT2D eigenvalue weighted by Crippen LogP contribution is 2.11. The number of ether oxygens (including phenoxy) is 3. The summed E-state index contributed by atoms with van der Waals surface area (Å²) >= 11 is 3.28. The van der Waals surface area contributed by atoms with E-state index in [1.54, 1.807) is 7.11 Å². The molecule has 16 heavy (non-hydrogen) atoms. The standard InChI is InChI=1S/C11H16BrNO3/c1-14-8-9-15-6-3-7-16-11-5-2-4-10(12)13-11/h2,4-5H,3,6-9H2,1H3. The van der Waals surface area contributed by atoms with Gasteiger partial charge in [-0.3, -0.25) is 0 Å². The summed E-state index contributed by atoms with van der Waals surface area (Å²) in [5.41, 5.74) is 0. The number of aromatic nitrogens is 1. The van der Waals surface area contributed by atoms with Crippen LogP contribution >= 0.6 is 15.9 Å². The Kier molecular flexibility index (Phi) is 7.12. The van der Waals surface area contributed by atoms with Crippen LogP contribution in [0.25, 0.3) is 0 Å². The van der Waals surface area contributed by atoms with Gasteiger partial charge in [-0.2, -0.15) is 0 Å². The molecule has 0 unspecified atom stereocenters. The number of hydrogen-bond donors (Lipinski definition) is 0. The van der Waals surface area contributed by atoms with Crippen LogP contribution in [0.5, 0.6) is 5.88 Å². The molecule has 0 bridgehead atoms. The van der Waals surface area contributed by atoms with Crippen LogP contribution in [0.3, 0.4) is 0 Å². The van der Waals surface area contributed by atoms with Crippen molar-refractivity contribution in [2.24, 2.45) is 0 Å². The van der Waals surface area contributed by atoms with E-state index in [9.17, 15) is 0 Å². The molecule has 0 aromatic carbocycles. The summed E-state index contributed by atoms with van der Waals surface area (Å²) in [4.78, 5) is 4.15. The number of hydrogen-bond acceptors (Lipinski definition) is 4. The molecule has 4 nitrogen and oxygen atoms in total. The zero-order valence-electron chi connectivity index (χ0n) is 9.32. The molecule has 0 saturated heterocycles. The molecule has 0 aliphatic rings. The number of pyridine rings is 1. The molecule has 90 valence electrons. The lowest BCUT2D eigenvalue weighted by Crippen LogP contribution is -2.07. The van der Waals surface area contributed by atoms with Crippen molar-refractivity contribution in [3.8, 4) is 5.88 Å². The molecule has 0 fully saturated rings. The molecule has 0 saturated carbocycles. The summed E-state index contributed by atoms with van der Waals surface area (Å²) < 4.78 is 16.4. The van der Waals surface area contributed by atoms with Crippen LogP contribution in [0.1, 0.15) is 6.42 Å². The highest BCUT2D eigenvalue weighted by atomic mass is 79.9. The smallest absolute Gasteiger partial charge is 0.214 e. The van der Waals surface area contributed by atoms with E-state index in [1.807, 2.05) is 18.2 Å². The minimum atomic E-state index is 0.608. The van der Waals surface area contributed by atoms with Gasteiger partial charge in [0, 0.05) is 26.2 Å². The molecule has 0 amide bonds. The quantitative estimate of drug-likeness (QED) is 0.544. The van der Waals surface area contributed by atoms with Gasteiger partial charge in [-0.1, -0.05) is 6.07 Å². The van der Waals surface area contributed by atoms with Crippen LogP contribution in [0.4, 0.5) is 0 Å². The van der Waals surface area contributed by atoms with E-state index in [2.05, 4.69) is 20.9 Å². The van der Waals surface area contributed by atoms with Crippen LogP contribution in [-0.2, 0) is 9.47 Å². The third-order valence-corrected chi connectivity index (χ3v) is 2.25. The summed E-state index contributed by atoms with van der Waals surface area (Å²) in [6.45, 7) is 2.55. The molecule has 1 heterocycles. The van der Waals surface area contributed by atoms with Crippen molar-refractivity contribution in [1.82, 2.24) is 4.98 Å². The molecule has 0 aliphatic heterocycles. The molecule has 0 aliphatic carbocycles. The normalized spacial score (nSPS) is 10.4. The van der Waals surface area contributed by atoms with Gasteiger partial charge in [0.15, 0.2) is 0 Å². The van der Waals surface area contributed by atoms with E-state index in [-0.39, 0.29) is 0 Å². The molecule has 1 rings (SSSR count). The van der Waals surface area contributed by atoms with Crippen LogP contribution in [-0.4, -0.2) is 38.5 Å². The number of halogens is 1. The van der Waals surface area contributed by atoms with Crippen molar-refractivity contribution in [2.45, 2.75) is 6.42 Å². The van der Waals surface area contributed by atoms with E-state index in [1.165, 1.54) is 0 Å². The molecule has 0 N–H and O–H groups in total. The first-order valence-electron chi connectivity index (χ1n) is 5.15. The zero-order valence-corrected chi connectivity index (χ0v) is 10.9. The van der Waals surface area contributed by atoms with Gasteiger partial charge in [-0.15, -0.1) is 0 Å². The van der Waals surface area contributed by atoms with E-state index in [4.69, 9.17) is 14.2 Å². The molecule has 0 spiro atoms. The predicted octanol–water partition coefficient (Wildman–Crippen LogP) is 2.28. The Balaban J connectivity index is 2.03. The Morgan fingerprint density at radius 3 is 2.81 bits per heavy atom. The Morgan fingerprint density at radius 1 is 1.19 bits per heavy atom. The monoisotopic (exact) mass is 289 g/mol. The van der Waals surface area contributed by atoms with Gasteiger partial charge in [0.1, 0.15) is 4.60 Å². The molecule has 1 aromatic rings.